The summed E-state index contributed by atoms with van der Waals surface area (Å²) in [7, 11) is 0. The van der Waals surface area contributed by atoms with Crippen molar-refractivity contribution in [3.05, 3.63) is 27.7 Å². The molecule has 1 fully saturated rings. The van der Waals surface area contributed by atoms with Crippen molar-refractivity contribution >= 4 is 15.9 Å². The van der Waals surface area contributed by atoms with Gasteiger partial charge in [0, 0.05) is 23.4 Å². The first-order valence-corrected chi connectivity index (χ1v) is 7.23. The summed E-state index contributed by atoms with van der Waals surface area (Å²) in [5.41, 5.74) is 2.76. The first kappa shape index (κ1) is 11.5. The molecule has 1 saturated heterocycles. The zero-order valence-electron chi connectivity index (χ0n) is 10.1. The lowest BCUT2D eigenvalue weighted by Gasteiger charge is -2.25. The fraction of sp³-hybridized carbons (Fsp3) is 0.571. The summed E-state index contributed by atoms with van der Waals surface area (Å²) in [4.78, 5) is 0. The van der Waals surface area contributed by atoms with Gasteiger partial charge in [0.05, 0.1) is 0 Å². The van der Waals surface area contributed by atoms with Crippen LogP contribution in [0.4, 0.5) is 0 Å². The van der Waals surface area contributed by atoms with Gasteiger partial charge in [0.1, 0.15) is 11.9 Å². The Morgan fingerprint density at radius 2 is 2.29 bits per heavy atom. The van der Waals surface area contributed by atoms with E-state index < -0.39 is 0 Å². The second-order valence-corrected chi connectivity index (χ2v) is 6.07. The molecule has 2 nitrogen and oxygen atoms in total. The highest BCUT2D eigenvalue weighted by Gasteiger charge is 2.27. The van der Waals surface area contributed by atoms with Crippen LogP contribution in [0.2, 0.25) is 0 Å². The molecule has 2 aliphatic heterocycles. The summed E-state index contributed by atoms with van der Waals surface area (Å²) in [6, 6.07) is 4.45. The average molecular weight is 296 g/mol. The van der Waals surface area contributed by atoms with Crippen molar-refractivity contribution in [2.75, 3.05) is 13.1 Å². The highest BCUT2D eigenvalue weighted by atomic mass is 79.9. The molecule has 0 aliphatic carbocycles. The lowest BCUT2D eigenvalue weighted by atomic mass is 9.90. The summed E-state index contributed by atoms with van der Waals surface area (Å²) >= 11 is 3.63. The van der Waals surface area contributed by atoms with Crippen LogP contribution in [0.25, 0.3) is 0 Å². The minimum atomic E-state index is 0.328. The lowest BCUT2D eigenvalue weighted by Crippen LogP contribution is -2.28. The summed E-state index contributed by atoms with van der Waals surface area (Å²) in [5.74, 6) is 1.77. The predicted molar refractivity (Wildman–Crippen MR) is 72.8 cm³/mol. The molecule has 1 aromatic rings. The number of piperidine rings is 1. The summed E-state index contributed by atoms with van der Waals surface area (Å²) in [6.45, 7) is 4.39. The molecule has 3 heteroatoms. The monoisotopic (exact) mass is 295 g/mol. The number of hydrogen-bond donors (Lipinski definition) is 1. The van der Waals surface area contributed by atoms with Gasteiger partial charge in [0.2, 0.25) is 0 Å². The largest absolute Gasteiger partial charge is 0.490 e. The van der Waals surface area contributed by atoms with Crippen LogP contribution >= 0.6 is 15.9 Å². The van der Waals surface area contributed by atoms with Gasteiger partial charge in [-0.2, -0.15) is 0 Å². The minimum Gasteiger partial charge on any atom is -0.490 e. The predicted octanol–water partition coefficient (Wildman–Crippen LogP) is 3.24. The van der Waals surface area contributed by atoms with E-state index in [4.69, 9.17) is 4.74 Å². The molecule has 92 valence electrons. The van der Waals surface area contributed by atoms with Crippen LogP contribution in [0.15, 0.2) is 16.6 Å². The highest BCUT2D eigenvalue weighted by molar-refractivity contribution is 9.10. The van der Waals surface area contributed by atoms with E-state index in [0.29, 0.717) is 12.0 Å². The van der Waals surface area contributed by atoms with Crippen molar-refractivity contribution in [3.8, 4) is 5.75 Å². The third-order valence-corrected chi connectivity index (χ3v) is 4.18. The van der Waals surface area contributed by atoms with E-state index in [-0.39, 0.29) is 0 Å². The van der Waals surface area contributed by atoms with Crippen LogP contribution in [-0.4, -0.2) is 19.2 Å². The molecular weight excluding hydrogens is 278 g/mol. The molecule has 2 atom stereocenters. The number of rotatable bonds is 1. The van der Waals surface area contributed by atoms with Gasteiger partial charge in [-0.3, -0.25) is 0 Å². The molecule has 0 aromatic heterocycles. The van der Waals surface area contributed by atoms with E-state index in [1.807, 2.05) is 0 Å². The second kappa shape index (κ2) is 4.62. The Bertz CT molecular complexity index is 426. The zero-order valence-corrected chi connectivity index (χ0v) is 11.7. The molecule has 0 radical (unpaired) electrons. The quantitative estimate of drug-likeness (QED) is 0.859. The van der Waals surface area contributed by atoms with Gasteiger partial charge in [-0.1, -0.05) is 15.9 Å². The molecule has 1 aromatic carbocycles. The minimum absolute atomic E-state index is 0.328. The van der Waals surface area contributed by atoms with Gasteiger partial charge in [-0.25, -0.2) is 0 Å². The van der Waals surface area contributed by atoms with Gasteiger partial charge in [-0.15, -0.1) is 0 Å². The van der Waals surface area contributed by atoms with E-state index in [2.05, 4.69) is 40.3 Å². The van der Waals surface area contributed by atoms with Crippen molar-refractivity contribution in [1.29, 1.82) is 0 Å². The molecule has 2 aliphatic rings. The number of hydrogen-bond acceptors (Lipinski definition) is 2. The van der Waals surface area contributed by atoms with E-state index in [1.165, 1.54) is 28.4 Å². The maximum Gasteiger partial charge on any atom is 0.126 e. The average Bonchev–Trinajstić information content (AvgIpc) is 2.69. The Morgan fingerprint density at radius 3 is 3.06 bits per heavy atom. The fourth-order valence-corrected chi connectivity index (χ4v) is 3.46. The molecule has 3 rings (SSSR count). The van der Waals surface area contributed by atoms with Crippen LogP contribution in [0.5, 0.6) is 5.75 Å². The Kier molecular flexibility index (Phi) is 3.14. The highest BCUT2D eigenvalue weighted by Crippen LogP contribution is 2.40. The number of benzene rings is 1. The SMILES string of the molecule is CC1Cc2cc(Br)cc(C3CCCNC3)c2O1. The summed E-state index contributed by atoms with van der Waals surface area (Å²) in [5, 5.41) is 3.48. The molecule has 0 bridgehead atoms. The molecule has 0 spiro atoms. The maximum atomic E-state index is 6.00. The van der Waals surface area contributed by atoms with E-state index in [1.54, 1.807) is 0 Å². The van der Waals surface area contributed by atoms with E-state index >= 15 is 0 Å². The van der Waals surface area contributed by atoms with Crippen molar-refractivity contribution in [2.24, 2.45) is 0 Å². The molecule has 1 N–H and O–H groups in total. The summed E-state index contributed by atoms with van der Waals surface area (Å²) in [6.07, 6.45) is 3.91. The van der Waals surface area contributed by atoms with Gasteiger partial charge in [0.25, 0.3) is 0 Å². The van der Waals surface area contributed by atoms with E-state index in [0.717, 1.165) is 25.3 Å². The Balaban J connectivity index is 1.98. The number of ether oxygens (including phenoxy) is 1. The first-order chi connectivity index (χ1) is 8.24. The maximum absolute atomic E-state index is 6.00. The van der Waals surface area contributed by atoms with Gasteiger partial charge in [-0.05, 0) is 49.6 Å². The molecule has 2 unspecified atom stereocenters. The van der Waals surface area contributed by atoms with Gasteiger partial charge < -0.3 is 10.1 Å². The molecule has 0 saturated carbocycles. The van der Waals surface area contributed by atoms with Crippen molar-refractivity contribution in [2.45, 2.75) is 38.2 Å². The summed E-state index contributed by atoms with van der Waals surface area (Å²) < 4.78 is 7.19. The van der Waals surface area contributed by atoms with Crippen molar-refractivity contribution in [3.63, 3.8) is 0 Å². The van der Waals surface area contributed by atoms with Crippen molar-refractivity contribution in [1.82, 2.24) is 5.32 Å². The van der Waals surface area contributed by atoms with Crippen LogP contribution in [0, 0.1) is 0 Å². The molecular formula is C14H18BrNO. The van der Waals surface area contributed by atoms with Crippen LogP contribution < -0.4 is 10.1 Å². The number of halogens is 1. The Hall–Kier alpha value is -0.540. The van der Waals surface area contributed by atoms with Crippen LogP contribution in [0.3, 0.4) is 0 Å². The third kappa shape index (κ3) is 2.23. The molecule has 17 heavy (non-hydrogen) atoms. The van der Waals surface area contributed by atoms with E-state index in [9.17, 15) is 0 Å². The number of nitrogens with one attached hydrogen (secondary N) is 1. The lowest BCUT2D eigenvalue weighted by molar-refractivity contribution is 0.250. The standard InChI is InChI=1S/C14H18BrNO/c1-9-5-11-6-12(15)7-13(14(11)17-9)10-3-2-4-16-8-10/h6-7,9-10,16H,2-5,8H2,1H3. The third-order valence-electron chi connectivity index (χ3n) is 3.72. The smallest absolute Gasteiger partial charge is 0.126 e. The zero-order chi connectivity index (χ0) is 11.8. The van der Waals surface area contributed by atoms with Gasteiger partial charge >= 0.3 is 0 Å². The van der Waals surface area contributed by atoms with Crippen molar-refractivity contribution < 1.29 is 4.74 Å². The van der Waals surface area contributed by atoms with Crippen LogP contribution in [0.1, 0.15) is 36.8 Å². The number of fused-ring (bicyclic) bond motifs is 1. The first-order valence-electron chi connectivity index (χ1n) is 6.43. The van der Waals surface area contributed by atoms with Crippen LogP contribution in [-0.2, 0) is 6.42 Å². The fourth-order valence-electron chi connectivity index (χ4n) is 2.94. The Labute approximate surface area is 111 Å². The second-order valence-electron chi connectivity index (χ2n) is 5.16. The van der Waals surface area contributed by atoms with Gasteiger partial charge in [0.15, 0.2) is 0 Å². The normalized spacial score (nSPS) is 27.6. The Morgan fingerprint density at radius 1 is 1.41 bits per heavy atom. The topological polar surface area (TPSA) is 21.3 Å². The molecule has 2 heterocycles. The molecule has 0 amide bonds.